The van der Waals surface area contributed by atoms with Crippen LogP contribution in [0, 0.1) is 0 Å². The molecule has 0 bridgehead atoms. The van der Waals surface area contributed by atoms with E-state index >= 15 is 0 Å². The van der Waals surface area contributed by atoms with Crippen molar-refractivity contribution in [3.8, 4) is 5.75 Å². The van der Waals surface area contributed by atoms with E-state index < -0.39 is 6.10 Å². The maximum absolute atomic E-state index is 12.2. The Kier molecular flexibility index (Phi) is 5.27. The van der Waals surface area contributed by atoms with Crippen LogP contribution in [0.5, 0.6) is 5.75 Å². The van der Waals surface area contributed by atoms with Gasteiger partial charge in [-0.25, -0.2) is 5.43 Å². The van der Waals surface area contributed by atoms with E-state index in [2.05, 4.69) is 10.5 Å². The summed E-state index contributed by atoms with van der Waals surface area (Å²) in [4.78, 5) is 12.2. The number of nitrogens with one attached hydrogen (secondary N) is 1. The summed E-state index contributed by atoms with van der Waals surface area (Å²) in [5.41, 5.74) is 4.72. The first-order valence-corrected chi connectivity index (χ1v) is 6.83. The van der Waals surface area contributed by atoms with Crippen LogP contribution in [-0.4, -0.2) is 23.8 Å². The van der Waals surface area contributed by atoms with Crippen molar-refractivity contribution >= 4 is 11.6 Å². The molecule has 0 radical (unpaired) electrons. The summed E-state index contributed by atoms with van der Waals surface area (Å²) in [7, 11) is 1.48. The third-order valence-electron chi connectivity index (χ3n) is 3.20. The van der Waals surface area contributed by atoms with Gasteiger partial charge in [-0.15, -0.1) is 0 Å². The van der Waals surface area contributed by atoms with Gasteiger partial charge in [-0.3, -0.25) is 4.79 Å². The number of ether oxygens (including phenoxy) is 1. The Morgan fingerprint density at radius 3 is 2.36 bits per heavy atom. The molecule has 2 aromatic carbocycles. The van der Waals surface area contributed by atoms with Crippen molar-refractivity contribution in [2.24, 2.45) is 5.10 Å². The Balaban J connectivity index is 2.07. The summed E-state index contributed by atoms with van der Waals surface area (Å²) in [5.74, 6) is -0.157. The number of hydrazone groups is 1. The smallest absolute Gasteiger partial charge is 0.273 e. The van der Waals surface area contributed by atoms with E-state index in [1.165, 1.54) is 7.11 Å². The van der Waals surface area contributed by atoms with Gasteiger partial charge in [0.25, 0.3) is 5.91 Å². The number of carbonyl (C=O) groups is 1. The van der Waals surface area contributed by atoms with Crippen molar-refractivity contribution in [3.05, 3.63) is 65.7 Å². The minimum atomic E-state index is -0.711. The Morgan fingerprint density at radius 2 is 1.77 bits per heavy atom. The SMILES string of the molecule is COC(C(=O)N/N=C(\C)c1ccc(O)cc1)c1ccccc1. The van der Waals surface area contributed by atoms with E-state index in [0.29, 0.717) is 5.71 Å². The molecule has 0 spiro atoms. The third-order valence-corrected chi connectivity index (χ3v) is 3.20. The van der Waals surface area contributed by atoms with E-state index in [0.717, 1.165) is 11.1 Å². The van der Waals surface area contributed by atoms with Gasteiger partial charge >= 0.3 is 0 Å². The Hall–Kier alpha value is -2.66. The van der Waals surface area contributed by atoms with Crippen LogP contribution >= 0.6 is 0 Å². The van der Waals surface area contributed by atoms with E-state index in [9.17, 15) is 9.90 Å². The fraction of sp³-hybridized carbons (Fsp3) is 0.176. The molecule has 0 heterocycles. The number of phenols is 1. The van der Waals surface area contributed by atoms with Gasteiger partial charge in [0.05, 0.1) is 5.71 Å². The summed E-state index contributed by atoms with van der Waals surface area (Å²) >= 11 is 0. The van der Waals surface area contributed by atoms with Crippen molar-refractivity contribution in [2.75, 3.05) is 7.11 Å². The number of amides is 1. The van der Waals surface area contributed by atoms with Gasteiger partial charge in [-0.05, 0) is 42.3 Å². The first-order valence-electron chi connectivity index (χ1n) is 6.83. The molecule has 0 saturated heterocycles. The minimum absolute atomic E-state index is 0.184. The number of rotatable bonds is 5. The fourth-order valence-corrected chi connectivity index (χ4v) is 1.99. The molecule has 0 aliphatic carbocycles. The molecule has 22 heavy (non-hydrogen) atoms. The highest BCUT2D eigenvalue weighted by molar-refractivity contribution is 5.99. The lowest BCUT2D eigenvalue weighted by Crippen LogP contribution is -2.27. The van der Waals surface area contributed by atoms with Gasteiger partial charge in [0, 0.05) is 7.11 Å². The minimum Gasteiger partial charge on any atom is -0.508 e. The highest BCUT2D eigenvalue weighted by Gasteiger charge is 2.19. The molecule has 114 valence electrons. The largest absolute Gasteiger partial charge is 0.508 e. The maximum Gasteiger partial charge on any atom is 0.273 e. The number of hydrogen-bond donors (Lipinski definition) is 2. The van der Waals surface area contributed by atoms with E-state index in [1.807, 2.05) is 30.3 Å². The van der Waals surface area contributed by atoms with E-state index in [4.69, 9.17) is 4.74 Å². The summed E-state index contributed by atoms with van der Waals surface area (Å²) in [6, 6.07) is 15.8. The third kappa shape index (κ3) is 3.93. The average Bonchev–Trinajstić information content (AvgIpc) is 2.55. The molecular formula is C17H18N2O3. The molecule has 0 aliphatic rings. The van der Waals surface area contributed by atoms with Gasteiger partial charge < -0.3 is 9.84 Å². The Morgan fingerprint density at radius 1 is 1.14 bits per heavy atom. The van der Waals surface area contributed by atoms with Crippen LogP contribution in [0.25, 0.3) is 0 Å². The van der Waals surface area contributed by atoms with Crippen molar-refractivity contribution in [1.82, 2.24) is 5.43 Å². The van der Waals surface area contributed by atoms with E-state index in [1.54, 1.807) is 31.2 Å². The standard InChI is InChI=1S/C17H18N2O3/c1-12(13-8-10-15(20)11-9-13)18-19-17(21)16(22-2)14-6-4-3-5-7-14/h3-11,16,20H,1-2H3,(H,19,21)/b18-12+. The molecule has 5 heteroatoms. The topological polar surface area (TPSA) is 70.9 Å². The van der Waals surface area contributed by atoms with Crippen molar-refractivity contribution in [2.45, 2.75) is 13.0 Å². The lowest BCUT2D eigenvalue weighted by Gasteiger charge is -2.14. The number of benzene rings is 2. The van der Waals surface area contributed by atoms with E-state index in [-0.39, 0.29) is 11.7 Å². The molecule has 1 unspecified atom stereocenters. The molecule has 0 aromatic heterocycles. The quantitative estimate of drug-likeness (QED) is 0.658. The zero-order valence-corrected chi connectivity index (χ0v) is 12.5. The second-order valence-electron chi connectivity index (χ2n) is 4.75. The molecule has 0 aliphatic heterocycles. The number of aromatic hydroxyl groups is 1. The molecular weight excluding hydrogens is 280 g/mol. The number of hydrogen-bond acceptors (Lipinski definition) is 4. The molecule has 2 rings (SSSR count). The van der Waals surface area contributed by atoms with Crippen molar-refractivity contribution < 1.29 is 14.6 Å². The summed E-state index contributed by atoms with van der Waals surface area (Å²) < 4.78 is 5.24. The van der Waals surface area contributed by atoms with Crippen LogP contribution in [0.1, 0.15) is 24.2 Å². The molecule has 0 saturated carbocycles. The Bertz CT molecular complexity index is 651. The van der Waals surface area contributed by atoms with Gasteiger partial charge in [0.1, 0.15) is 5.75 Å². The lowest BCUT2D eigenvalue weighted by atomic mass is 10.1. The van der Waals surface area contributed by atoms with Crippen LogP contribution in [0.3, 0.4) is 0 Å². The molecule has 2 aromatic rings. The van der Waals surface area contributed by atoms with Gasteiger partial charge in [0.2, 0.25) is 0 Å². The van der Waals surface area contributed by atoms with Gasteiger partial charge in [-0.2, -0.15) is 5.10 Å². The monoisotopic (exact) mass is 298 g/mol. The Labute approximate surface area is 129 Å². The van der Waals surface area contributed by atoms with Crippen LogP contribution in [0.2, 0.25) is 0 Å². The summed E-state index contributed by atoms with van der Waals surface area (Å²) in [6.07, 6.45) is -0.711. The predicted molar refractivity (Wildman–Crippen MR) is 84.7 cm³/mol. The second kappa shape index (κ2) is 7.38. The lowest BCUT2D eigenvalue weighted by molar-refractivity contribution is -0.131. The number of nitrogens with zero attached hydrogens (tertiary/aromatic N) is 1. The van der Waals surface area contributed by atoms with Crippen LogP contribution < -0.4 is 5.43 Å². The number of carbonyl (C=O) groups excluding carboxylic acids is 1. The van der Waals surface area contributed by atoms with Gasteiger partial charge in [-0.1, -0.05) is 30.3 Å². The summed E-state index contributed by atoms with van der Waals surface area (Å²) in [5, 5.41) is 13.3. The number of methoxy groups -OCH3 is 1. The predicted octanol–water partition coefficient (Wildman–Crippen LogP) is 2.62. The zero-order chi connectivity index (χ0) is 15.9. The molecule has 1 atom stereocenters. The zero-order valence-electron chi connectivity index (χ0n) is 12.5. The summed E-state index contributed by atoms with van der Waals surface area (Å²) in [6.45, 7) is 1.77. The fourth-order valence-electron chi connectivity index (χ4n) is 1.99. The van der Waals surface area contributed by atoms with Gasteiger partial charge in [0.15, 0.2) is 6.10 Å². The highest BCUT2D eigenvalue weighted by atomic mass is 16.5. The van der Waals surface area contributed by atoms with Crippen LogP contribution in [-0.2, 0) is 9.53 Å². The molecule has 5 nitrogen and oxygen atoms in total. The van der Waals surface area contributed by atoms with Crippen molar-refractivity contribution in [3.63, 3.8) is 0 Å². The first-order chi connectivity index (χ1) is 10.6. The average molecular weight is 298 g/mol. The highest BCUT2D eigenvalue weighted by Crippen LogP contribution is 2.16. The molecule has 1 amide bonds. The van der Waals surface area contributed by atoms with Crippen LogP contribution in [0.4, 0.5) is 0 Å². The van der Waals surface area contributed by atoms with Crippen LogP contribution in [0.15, 0.2) is 59.7 Å². The second-order valence-corrected chi connectivity index (χ2v) is 4.75. The maximum atomic E-state index is 12.2. The molecule has 2 N–H and O–H groups in total. The first kappa shape index (κ1) is 15.7. The molecule has 0 fully saturated rings. The van der Waals surface area contributed by atoms with Crippen molar-refractivity contribution in [1.29, 1.82) is 0 Å². The number of phenolic OH excluding ortho intramolecular Hbond substituents is 1. The normalized spacial score (nSPS) is 12.7.